The number of nitriles is 1. The highest BCUT2D eigenvalue weighted by atomic mass is 32.2. The third-order valence-corrected chi connectivity index (χ3v) is 3.22. The van der Waals surface area contributed by atoms with E-state index in [4.69, 9.17) is 11.0 Å². The lowest BCUT2D eigenvalue weighted by Gasteiger charge is -2.14. The van der Waals surface area contributed by atoms with Crippen molar-refractivity contribution in [3.63, 3.8) is 0 Å². The van der Waals surface area contributed by atoms with Crippen molar-refractivity contribution in [3.8, 4) is 6.07 Å². The molecule has 1 aromatic heterocycles. The number of nitrogens with zero attached hydrogens (tertiary/aromatic N) is 3. The van der Waals surface area contributed by atoms with Gasteiger partial charge < -0.3 is 5.73 Å². The first-order valence-electron chi connectivity index (χ1n) is 5.58. The maximum Gasteiger partial charge on any atom is 0.187 e. The summed E-state index contributed by atoms with van der Waals surface area (Å²) in [7, 11) is 0. The van der Waals surface area contributed by atoms with E-state index in [0.29, 0.717) is 6.42 Å². The molecular weight excluding hydrogens is 232 g/mol. The van der Waals surface area contributed by atoms with Gasteiger partial charge in [0.1, 0.15) is 5.54 Å². The summed E-state index contributed by atoms with van der Waals surface area (Å²) in [5, 5.41) is 9.58. The van der Waals surface area contributed by atoms with Crippen LogP contribution >= 0.6 is 11.8 Å². The van der Waals surface area contributed by atoms with Gasteiger partial charge in [0.2, 0.25) is 0 Å². The van der Waals surface area contributed by atoms with Crippen molar-refractivity contribution < 1.29 is 0 Å². The molecule has 0 amide bonds. The molecule has 92 valence electrons. The number of hydrogen-bond acceptors (Lipinski definition) is 5. The van der Waals surface area contributed by atoms with Gasteiger partial charge in [-0.15, -0.1) is 0 Å². The van der Waals surface area contributed by atoms with E-state index in [-0.39, 0.29) is 0 Å². The molecule has 4 nitrogen and oxygen atoms in total. The largest absolute Gasteiger partial charge is 0.314 e. The molecule has 1 rings (SSSR count). The average Bonchev–Trinajstić information content (AvgIpc) is 2.23. The number of aromatic nitrogens is 2. The average molecular weight is 250 g/mol. The molecule has 1 atom stereocenters. The van der Waals surface area contributed by atoms with Crippen LogP contribution in [0.2, 0.25) is 0 Å². The van der Waals surface area contributed by atoms with E-state index in [9.17, 15) is 0 Å². The Morgan fingerprint density at radius 2 is 2.00 bits per heavy atom. The highest BCUT2D eigenvalue weighted by Gasteiger charge is 2.16. The first kappa shape index (κ1) is 13.9. The third-order valence-electron chi connectivity index (χ3n) is 2.29. The molecule has 0 aromatic carbocycles. The van der Waals surface area contributed by atoms with E-state index in [1.165, 1.54) is 0 Å². The van der Waals surface area contributed by atoms with Crippen LogP contribution in [0.1, 0.15) is 31.2 Å². The molecule has 0 aliphatic rings. The molecule has 1 heterocycles. The van der Waals surface area contributed by atoms with Gasteiger partial charge in [0.15, 0.2) is 5.16 Å². The molecule has 0 aliphatic carbocycles. The number of thioether (sulfide) groups is 1. The number of nitrogens with two attached hydrogens (primary N) is 1. The van der Waals surface area contributed by atoms with Crippen molar-refractivity contribution in [3.05, 3.63) is 17.5 Å². The van der Waals surface area contributed by atoms with Gasteiger partial charge in [-0.25, -0.2) is 9.97 Å². The standard InChI is InChI=1S/C12H18N4S/c1-9-7-10(2)16-11(15-9)17-6-4-5-12(3,14)8-13/h7H,4-6,14H2,1-3H3. The maximum atomic E-state index is 8.78. The fraction of sp³-hybridized carbons (Fsp3) is 0.583. The van der Waals surface area contributed by atoms with Crippen LogP contribution in [-0.4, -0.2) is 21.3 Å². The van der Waals surface area contributed by atoms with Gasteiger partial charge >= 0.3 is 0 Å². The molecule has 0 aliphatic heterocycles. The fourth-order valence-electron chi connectivity index (χ4n) is 1.42. The van der Waals surface area contributed by atoms with Gasteiger partial charge in [-0.3, -0.25) is 0 Å². The Morgan fingerprint density at radius 1 is 1.41 bits per heavy atom. The van der Waals surface area contributed by atoms with Gasteiger partial charge in [-0.05, 0) is 39.7 Å². The highest BCUT2D eigenvalue weighted by Crippen LogP contribution is 2.17. The Bertz CT molecular complexity index is 403. The van der Waals surface area contributed by atoms with Crippen LogP contribution in [0.4, 0.5) is 0 Å². The molecule has 1 aromatic rings. The smallest absolute Gasteiger partial charge is 0.187 e. The Balaban J connectivity index is 2.39. The lowest BCUT2D eigenvalue weighted by Crippen LogP contribution is -2.33. The topological polar surface area (TPSA) is 75.6 Å². The van der Waals surface area contributed by atoms with Crippen LogP contribution < -0.4 is 5.73 Å². The lowest BCUT2D eigenvalue weighted by atomic mass is 10.0. The second-order valence-electron chi connectivity index (χ2n) is 4.41. The highest BCUT2D eigenvalue weighted by molar-refractivity contribution is 7.99. The van der Waals surface area contributed by atoms with Crippen LogP contribution in [0.25, 0.3) is 0 Å². The maximum absolute atomic E-state index is 8.78. The summed E-state index contributed by atoms with van der Waals surface area (Å²) in [4.78, 5) is 8.69. The Hall–Kier alpha value is -1.12. The zero-order valence-electron chi connectivity index (χ0n) is 10.5. The van der Waals surface area contributed by atoms with Crippen LogP contribution in [0.5, 0.6) is 0 Å². The minimum Gasteiger partial charge on any atom is -0.314 e. The van der Waals surface area contributed by atoms with Crippen LogP contribution in [0.15, 0.2) is 11.2 Å². The van der Waals surface area contributed by atoms with Crippen molar-refractivity contribution in [2.24, 2.45) is 5.73 Å². The lowest BCUT2D eigenvalue weighted by molar-refractivity contribution is 0.540. The summed E-state index contributed by atoms with van der Waals surface area (Å²) in [5.74, 6) is 0.886. The van der Waals surface area contributed by atoms with E-state index in [0.717, 1.165) is 28.7 Å². The molecule has 2 N–H and O–H groups in total. The molecule has 0 bridgehead atoms. The van der Waals surface area contributed by atoms with Crippen molar-refractivity contribution in [1.82, 2.24) is 9.97 Å². The van der Waals surface area contributed by atoms with E-state index >= 15 is 0 Å². The van der Waals surface area contributed by atoms with E-state index in [2.05, 4.69) is 16.0 Å². The predicted octanol–water partition coefficient (Wildman–Crippen LogP) is 2.21. The van der Waals surface area contributed by atoms with Crippen molar-refractivity contribution in [2.75, 3.05) is 5.75 Å². The van der Waals surface area contributed by atoms with Crippen LogP contribution in [0.3, 0.4) is 0 Å². The molecule has 0 saturated carbocycles. The monoisotopic (exact) mass is 250 g/mol. The molecular formula is C12H18N4S. The van der Waals surface area contributed by atoms with Gasteiger partial charge in [0.25, 0.3) is 0 Å². The molecule has 17 heavy (non-hydrogen) atoms. The van der Waals surface area contributed by atoms with Crippen molar-refractivity contribution in [1.29, 1.82) is 5.26 Å². The zero-order chi connectivity index (χ0) is 12.9. The predicted molar refractivity (Wildman–Crippen MR) is 69.7 cm³/mol. The van der Waals surface area contributed by atoms with E-state index in [1.807, 2.05) is 19.9 Å². The van der Waals surface area contributed by atoms with Gasteiger partial charge in [0.05, 0.1) is 6.07 Å². The summed E-state index contributed by atoms with van der Waals surface area (Å²) in [6.45, 7) is 5.68. The molecule has 0 radical (unpaired) electrons. The fourth-order valence-corrected chi connectivity index (χ4v) is 2.31. The van der Waals surface area contributed by atoms with E-state index < -0.39 is 5.54 Å². The molecule has 0 fully saturated rings. The zero-order valence-corrected chi connectivity index (χ0v) is 11.3. The summed E-state index contributed by atoms with van der Waals surface area (Å²) in [6.07, 6.45) is 1.59. The molecule has 5 heteroatoms. The van der Waals surface area contributed by atoms with Gasteiger partial charge in [-0.2, -0.15) is 5.26 Å². The third kappa shape index (κ3) is 5.16. The minimum absolute atomic E-state index is 0.696. The first-order chi connectivity index (χ1) is 7.93. The minimum atomic E-state index is -0.718. The Kier molecular flexibility index (Phi) is 4.91. The second kappa shape index (κ2) is 5.99. The first-order valence-corrected chi connectivity index (χ1v) is 6.57. The Labute approximate surface area is 107 Å². The second-order valence-corrected chi connectivity index (χ2v) is 5.48. The van der Waals surface area contributed by atoms with E-state index in [1.54, 1.807) is 18.7 Å². The SMILES string of the molecule is Cc1cc(C)nc(SCCCC(C)(N)C#N)n1. The molecule has 0 saturated heterocycles. The number of hydrogen-bond donors (Lipinski definition) is 1. The van der Waals surface area contributed by atoms with Gasteiger partial charge in [0, 0.05) is 17.1 Å². The number of rotatable bonds is 5. The summed E-state index contributed by atoms with van der Waals surface area (Å²) in [6, 6.07) is 4.05. The number of aryl methyl sites for hydroxylation is 2. The molecule has 0 spiro atoms. The van der Waals surface area contributed by atoms with Crippen molar-refractivity contribution in [2.45, 2.75) is 44.3 Å². The van der Waals surface area contributed by atoms with Gasteiger partial charge in [-0.1, -0.05) is 11.8 Å². The molecule has 1 unspecified atom stereocenters. The normalized spacial score (nSPS) is 14.1. The quantitative estimate of drug-likeness (QED) is 0.492. The summed E-state index contributed by atoms with van der Waals surface area (Å²) in [5.41, 5.74) is 7.00. The summed E-state index contributed by atoms with van der Waals surface area (Å²) >= 11 is 1.61. The Morgan fingerprint density at radius 3 is 2.53 bits per heavy atom. The summed E-state index contributed by atoms with van der Waals surface area (Å²) < 4.78 is 0. The van der Waals surface area contributed by atoms with Crippen molar-refractivity contribution >= 4 is 11.8 Å². The van der Waals surface area contributed by atoms with Crippen LogP contribution in [0, 0.1) is 25.2 Å². The van der Waals surface area contributed by atoms with Crippen LogP contribution in [-0.2, 0) is 0 Å².